The SMILES string of the molecule is O=C(NCCNC(=O)c1cccc(Cl)c1Cl)c1ccccc1F. The van der Waals surface area contributed by atoms with E-state index in [-0.39, 0.29) is 34.3 Å². The monoisotopic (exact) mass is 354 g/mol. The van der Waals surface area contributed by atoms with Crippen LogP contribution in [0, 0.1) is 5.82 Å². The minimum absolute atomic E-state index is 0.0447. The second-order valence-corrected chi connectivity index (χ2v) is 5.38. The first-order valence-corrected chi connectivity index (χ1v) is 7.51. The standard InChI is InChI=1S/C16H13Cl2FN2O2/c17-12-6-3-5-11(14(12)18)16(23)21-9-8-20-15(22)10-4-1-2-7-13(10)19/h1-7H,8-9H2,(H,20,22)(H,21,23). The molecule has 120 valence electrons. The molecule has 7 heteroatoms. The Hall–Kier alpha value is -2.11. The maximum Gasteiger partial charge on any atom is 0.254 e. The van der Waals surface area contributed by atoms with Gasteiger partial charge in [0.15, 0.2) is 0 Å². The molecule has 0 saturated heterocycles. The average Bonchev–Trinajstić information content (AvgIpc) is 2.54. The van der Waals surface area contributed by atoms with E-state index in [1.54, 1.807) is 24.3 Å². The van der Waals surface area contributed by atoms with Gasteiger partial charge in [0.1, 0.15) is 5.82 Å². The van der Waals surface area contributed by atoms with E-state index in [0.29, 0.717) is 0 Å². The summed E-state index contributed by atoms with van der Waals surface area (Å²) in [6.07, 6.45) is 0. The van der Waals surface area contributed by atoms with E-state index in [1.807, 2.05) is 0 Å². The number of hydrogen-bond donors (Lipinski definition) is 2. The van der Waals surface area contributed by atoms with Crippen LogP contribution < -0.4 is 10.6 Å². The molecule has 0 atom stereocenters. The molecular formula is C16H13Cl2FN2O2. The van der Waals surface area contributed by atoms with Crippen molar-refractivity contribution >= 4 is 35.0 Å². The Labute approximate surface area is 142 Å². The topological polar surface area (TPSA) is 58.2 Å². The van der Waals surface area contributed by atoms with Crippen LogP contribution in [0.15, 0.2) is 42.5 Å². The molecule has 2 N–H and O–H groups in total. The molecule has 0 unspecified atom stereocenters. The van der Waals surface area contributed by atoms with Gasteiger partial charge in [0, 0.05) is 13.1 Å². The Morgan fingerprint density at radius 1 is 0.870 bits per heavy atom. The Balaban J connectivity index is 1.84. The lowest BCUT2D eigenvalue weighted by Gasteiger charge is -2.09. The van der Waals surface area contributed by atoms with Gasteiger partial charge in [-0.3, -0.25) is 9.59 Å². The molecule has 4 nitrogen and oxygen atoms in total. The van der Waals surface area contributed by atoms with E-state index in [9.17, 15) is 14.0 Å². The first-order valence-electron chi connectivity index (χ1n) is 6.75. The minimum Gasteiger partial charge on any atom is -0.350 e. The van der Waals surface area contributed by atoms with Crippen LogP contribution in [0.4, 0.5) is 4.39 Å². The zero-order valence-electron chi connectivity index (χ0n) is 11.9. The van der Waals surface area contributed by atoms with Crippen molar-refractivity contribution < 1.29 is 14.0 Å². The van der Waals surface area contributed by atoms with Crippen LogP contribution >= 0.6 is 23.2 Å². The van der Waals surface area contributed by atoms with Gasteiger partial charge in [0.25, 0.3) is 11.8 Å². The van der Waals surface area contributed by atoms with Crippen LogP contribution in [0.25, 0.3) is 0 Å². The molecule has 0 bridgehead atoms. The van der Waals surface area contributed by atoms with Crippen LogP contribution in [0.2, 0.25) is 10.0 Å². The van der Waals surface area contributed by atoms with Crippen LogP contribution in [0.1, 0.15) is 20.7 Å². The molecule has 2 amide bonds. The van der Waals surface area contributed by atoms with Crippen molar-refractivity contribution in [3.8, 4) is 0 Å². The summed E-state index contributed by atoms with van der Waals surface area (Å²) >= 11 is 11.8. The van der Waals surface area contributed by atoms with E-state index in [2.05, 4.69) is 10.6 Å². The largest absolute Gasteiger partial charge is 0.350 e. The van der Waals surface area contributed by atoms with Gasteiger partial charge < -0.3 is 10.6 Å². The van der Waals surface area contributed by atoms with Crippen molar-refractivity contribution in [1.29, 1.82) is 0 Å². The highest BCUT2D eigenvalue weighted by Gasteiger charge is 2.13. The number of halogens is 3. The van der Waals surface area contributed by atoms with Gasteiger partial charge in [0.05, 0.1) is 21.2 Å². The Bertz CT molecular complexity index is 738. The summed E-state index contributed by atoms with van der Waals surface area (Å²) in [6, 6.07) is 10.4. The Morgan fingerprint density at radius 2 is 1.43 bits per heavy atom. The van der Waals surface area contributed by atoms with Gasteiger partial charge in [-0.2, -0.15) is 0 Å². The first kappa shape index (κ1) is 17.2. The van der Waals surface area contributed by atoms with E-state index >= 15 is 0 Å². The molecule has 0 heterocycles. The number of amides is 2. The van der Waals surface area contributed by atoms with Crippen LogP contribution in [0.5, 0.6) is 0 Å². The highest BCUT2D eigenvalue weighted by atomic mass is 35.5. The van der Waals surface area contributed by atoms with Gasteiger partial charge in [-0.15, -0.1) is 0 Å². The summed E-state index contributed by atoms with van der Waals surface area (Å²) in [4.78, 5) is 23.7. The molecule has 23 heavy (non-hydrogen) atoms. The molecule has 0 aliphatic rings. The quantitative estimate of drug-likeness (QED) is 0.809. The van der Waals surface area contributed by atoms with Crippen molar-refractivity contribution in [3.05, 3.63) is 69.5 Å². The number of carbonyl (C=O) groups excluding carboxylic acids is 2. The number of nitrogens with one attached hydrogen (secondary N) is 2. The molecule has 0 aliphatic heterocycles. The van der Waals surface area contributed by atoms with Crippen molar-refractivity contribution in [2.45, 2.75) is 0 Å². The maximum atomic E-state index is 13.4. The summed E-state index contributed by atoms with van der Waals surface area (Å²) in [5, 5.41) is 5.57. The van der Waals surface area contributed by atoms with Gasteiger partial charge in [0.2, 0.25) is 0 Å². The van der Waals surface area contributed by atoms with E-state index in [4.69, 9.17) is 23.2 Å². The summed E-state index contributed by atoms with van der Waals surface area (Å²) in [7, 11) is 0. The van der Waals surface area contributed by atoms with Crippen LogP contribution in [-0.4, -0.2) is 24.9 Å². The predicted octanol–water partition coefficient (Wildman–Crippen LogP) is 3.29. The number of carbonyl (C=O) groups is 2. The van der Waals surface area contributed by atoms with Crippen LogP contribution in [-0.2, 0) is 0 Å². The van der Waals surface area contributed by atoms with Crippen LogP contribution in [0.3, 0.4) is 0 Å². The second kappa shape index (κ2) is 7.94. The van der Waals surface area contributed by atoms with Crippen molar-refractivity contribution in [3.63, 3.8) is 0 Å². The molecule has 0 fully saturated rings. The van der Waals surface area contributed by atoms with E-state index < -0.39 is 17.6 Å². The second-order valence-electron chi connectivity index (χ2n) is 4.59. The summed E-state index contributed by atoms with van der Waals surface area (Å²) in [5.41, 5.74) is 0.205. The third-order valence-corrected chi connectivity index (χ3v) is 3.83. The summed E-state index contributed by atoms with van der Waals surface area (Å²) in [6.45, 7) is 0.318. The highest BCUT2D eigenvalue weighted by Crippen LogP contribution is 2.25. The van der Waals surface area contributed by atoms with Crippen molar-refractivity contribution in [1.82, 2.24) is 10.6 Å². The molecule has 0 saturated carbocycles. The molecule has 2 aromatic carbocycles. The lowest BCUT2D eigenvalue weighted by molar-refractivity contribution is 0.0925. The van der Waals surface area contributed by atoms with Gasteiger partial charge in [-0.05, 0) is 24.3 Å². The van der Waals surface area contributed by atoms with E-state index in [0.717, 1.165) is 0 Å². The fourth-order valence-corrected chi connectivity index (χ4v) is 2.25. The fraction of sp³-hybridized carbons (Fsp3) is 0.125. The molecule has 0 spiro atoms. The van der Waals surface area contributed by atoms with Crippen molar-refractivity contribution in [2.75, 3.05) is 13.1 Å². The predicted molar refractivity (Wildman–Crippen MR) is 87.5 cm³/mol. The Kier molecular flexibility index (Phi) is 5.96. The molecular weight excluding hydrogens is 342 g/mol. The average molecular weight is 355 g/mol. The van der Waals surface area contributed by atoms with Gasteiger partial charge in [-0.25, -0.2) is 4.39 Å². The normalized spacial score (nSPS) is 10.2. The van der Waals surface area contributed by atoms with Gasteiger partial charge in [-0.1, -0.05) is 41.4 Å². The zero-order chi connectivity index (χ0) is 16.8. The number of hydrogen-bond acceptors (Lipinski definition) is 2. The van der Waals surface area contributed by atoms with E-state index in [1.165, 1.54) is 18.2 Å². The molecule has 0 radical (unpaired) electrons. The summed E-state index contributed by atoms with van der Waals surface area (Å²) < 4.78 is 13.4. The number of rotatable bonds is 5. The molecule has 2 rings (SSSR count). The third-order valence-electron chi connectivity index (χ3n) is 3.01. The molecule has 0 aromatic heterocycles. The Morgan fingerprint density at radius 3 is 2.09 bits per heavy atom. The van der Waals surface area contributed by atoms with Crippen molar-refractivity contribution in [2.24, 2.45) is 0 Å². The third kappa shape index (κ3) is 4.43. The number of benzene rings is 2. The zero-order valence-corrected chi connectivity index (χ0v) is 13.4. The first-order chi connectivity index (χ1) is 11.0. The smallest absolute Gasteiger partial charge is 0.254 e. The molecule has 0 aliphatic carbocycles. The summed E-state index contributed by atoms with van der Waals surface area (Å²) in [5.74, 6) is -1.55. The fourth-order valence-electron chi connectivity index (χ4n) is 1.87. The lowest BCUT2D eigenvalue weighted by atomic mass is 10.2. The minimum atomic E-state index is -0.597. The molecule has 2 aromatic rings. The lowest BCUT2D eigenvalue weighted by Crippen LogP contribution is -2.35. The van der Waals surface area contributed by atoms with Gasteiger partial charge >= 0.3 is 0 Å². The maximum absolute atomic E-state index is 13.4. The highest BCUT2D eigenvalue weighted by molar-refractivity contribution is 6.43.